The van der Waals surface area contributed by atoms with Crippen molar-refractivity contribution in [2.75, 3.05) is 39.3 Å². The van der Waals surface area contributed by atoms with Gasteiger partial charge in [-0.15, -0.1) is 0 Å². The minimum Gasteiger partial charge on any atom is -0.481 e. The molecule has 0 aliphatic carbocycles. The van der Waals surface area contributed by atoms with Gasteiger partial charge in [-0.3, -0.25) is 39.8 Å². The van der Waals surface area contributed by atoms with Crippen molar-refractivity contribution in [3.63, 3.8) is 0 Å². The molecule has 1 aromatic carbocycles. The molecule has 0 bridgehead atoms. The minimum atomic E-state index is -0.826. The number of unbranched alkanes of at least 4 members (excludes halogenated alkanes) is 3. The summed E-state index contributed by atoms with van der Waals surface area (Å²) in [5.41, 5.74) is 7.36. The Morgan fingerprint density at radius 2 is 1.37 bits per heavy atom. The third-order valence-corrected chi connectivity index (χ3v) is 7.55. The van der Waals surface area contributed by atoms with Gasteiger partial charge in [-0.25, -0.2) is 0 Å². The number of benzene rings is 1. The largest absolute Gasteiger partial charge is 0.481 e. The lowest BCUT2D eigenvalue weighted by atomic mass is 10.0. The summed E-state index contributed by atoms with van der Waals surface area (Å²) in [6.07, 6.45) is 12.2. The highest BCUT2D eigenvalue weighted by Gasteiger charge is 2.14. The van der Waals surface area contributed by atoms with E-state index < -0.39 is 17.9 Å². The van der Waals surface area contributed by atoms with E-state index in [1.54, 1.807) is 13.8 Å². The van der Waals surface area contributed by atoms with E-state index in [0.29, 0.717) is 25.5 Å². The topological polar surface area (TPSA) is 196 Å². The molecule has 1 heterocycles. The lowest BCUT2D eigenvalue weighted by Crippen LogP contribution is -2.42. The maximum absolute atomic E-state index is 12.5. The number of hydrogen-bond donors (Lipinski definition) is 6. The van der Waals surface area contributed by atoms with E-state index >= 15 is 0 Å². The predicted octanol–water partition coefficient (Wildman–Crippen LogP) is 5.57. The van der Waals surface area contributed by atoms with Crippen LogP contribution in [-0.2, 0) is 25.7 Å². The highest BCUT2D eigenvalue weighted by Crippen LogP contribution is 2.12. The first kappa shape index (κ1) is 49.1. The minimum absolute atomic E-state index is 0.0251. The molecule has 2 rings (SSSR count). The Labute approximate surface area is 306 Å². The number of amides is 1. The SMILES string of the molecule is CCC(=O)O.CCC(=O)O.CCCCCCC(C)CC.CCCN(CCN(CCC)CC(=O)NCc1cccc(C2=NNC=NN2)c1)CC(=O)O. The van der Waals surface area contributed by atoms with Crippen LogP contribution in [0.25, 0.3) is 0 Å². The van der Waals surface area contributed by atoms with Gasteiger partial charge in [-0.05, 0) is 43.5 Å². The molecular weight excluding hydrogens is 654 g/mol. The van der Waals surface area contributed by atoms with Crippen LogP contribution in [-0.4, -0.2) is 100 Å². The summed E-state index contributed by atoms with van der Waals surface area (Å²) >= 11 is 0. The second-order valence-electron chi connectivity index (χ2n) is 12.2. The van der Waals surface area contributed by atoms with E-state index in [4.69, 9.17) is 15.3 Å². The van der Waals surface area contributed by atoms with Crippen LogP contribution in [0.3, 0.4) is 0 Å². The van der Waals surface area contributed by atoms with Crippen LogP contribution < -0.4 is 16.2 Å². The summed E-state index contributed by atoms with van der Waals surface area (Å²) in [5.74, 6) is -0.805. The number of nitrogens with zero attached hydrogens (tertiary/aromatic N) is 4. The van der Waals surface area contributed by atoms with Gasteiger partial charge in [-0.2, -0.15) is 10.2 Å². The van der Waals surface area contributed by atoms with Crippen LogP contribution in [0.15, 0.2) is 34.5 Å². The van der Waals surface area contributed by atoms with Crippen molar-refractivity contribution in [3.05, 3.63) is 35.4 Å². The van der Waals surface area contributed by atoms with E-state index in [2.05, 4.69) is 59.0 Å². The summed E-state index contributed by atoms with van der Waals surface area (Å²) in [7, 11) is 0. The van der Waals surface area contributed by atoms with Gasteiger partial charge in [-0.1, -0.05) is 105 Å². The molecule has 0 spiro atoms. The highest BCUT2D eigenvalue weighted by molar-refractivity contribution is 5.99. The second-order valence-corrected chi connectivity index (χ2v) is 12.2. The highest BCUT2D eigenvalue weighted by atomic mass is 16.4. The Balaban J connectivity index is 0. The molecule has 51 heavy (non-hydrogen) atoms. The van der Waals surface area contributed by atoms with Gasteiger partial charge in [0, 0.05) is 38.0 Å². The zero-order valence-corrected chi connectivity index (χ0v) is 32.2. The van der Waals surface area contributed by atoms with Crippen molar-refractivity contribution < 1.29 is 34.5 Å². The number of nitrogens with one attached hydrogen (secondary N) is 3. The molecule has 1 aliphatic heterocycles. The molecule has 14 heteroatoms. The van der Waals surface area contributed by atoms with Crippen molar-refractivity contribution in [3.8, 4) is 0 Å². The standard InChI is InChI=1S/C21H33N7O3.C10H22.2C3H6O2/c1-3-8-27(10-11-28(9-4-2)15-20(30)31)14-19(29)22-13-17-6-5-7-18(12-17)21-25-23-16-24-26-21;1-4-6-7-8-9-10(3)5-2;2*1-2-3(4)5/h5-7,12,16H,3-4,8-11,13-15H2,1-2H3,(H,22,29)(H,23,24)(H,25,26)(H,30,31);10H,4-9H2,1-3H3;2*2H2,1H3,(H,4,5). The maximum Gasteiger partial charge on any atom is 0.317 e. The quantitative estimate of drug-likeness (QED) is 0.0819. The molecule has 1 aliphatic rings. The smallest absolute Gasteiger partial charge is 0.317 e. The number of aliphatic carboxylic acids is 3. The molecule has 0 aromatic heterocycles. The number of amidine groups is 1. The predicted molar refractivity (Wildman–Crippen MR) is 205 cm³/mol. The van der Waals surface area contributed by atoms with Crippen LogP contribution in [0.1, 0.15) is 124 Å². The van der Waals surface area contributed by atoms with Crippen molar-refractivity contribution in [2.45, 2.75) is 119 Å². The number of carboxylic acids is 3. The van der Waals surface area contributed by atoms with Crippen molar-refractivity contribution in [1.29, 1.82) is 0 Å². The maximum atomic E-state index is 12.5. The molecule has 292 valence electrons. The first-order valence-corrected chi connectivity index (χ1v) is 18.4. The number of hydrogen-bond acceptors (Lipinski definition) is 10. The first-order valence-electron chi connectivity index (χ1n) is 18.4. The molecule has 1 unspecified atom stereocenters. The summed E-state index contributed by atoms with van der Waals surface area (Å²) in [5, 5.41) is 35.5. The summed E-state index contributed by atoms with van der Waals surface area (Å²) in [6.45, 7) is 17.7. The van der Waals surface area contributed by atoms with Gasteiger partial charge in [0.1, 0.15) is 6.34 Å². The molecule has 1 aromatic rings. The molecule has 1 atom stereocenters. The molecule has 1 amide bonds. The average molecular weight is 722 g/mol. The van der Waals surface area contributed by atoms with Crippen LogP contribution >= 0.6 is 0 Å². The molecule has 14 nitrogen and oxygen atoms in total. The van der Waals surface area contributed by atoms with Crippen LogP contribution in [0.5, 0.6) is 0 Å². The molecule has 0 radical (unpaired) electrons. The fourth-order valence-corrected chi connectivity index (χ4v) is 4.43. The molecular formula is C37H67N7O7. The van der Waals surface area contributed by atoms with E-state index in [-0.39, 0.29) is 31.8 Å². The van der Waals surface area contributed by atoms with E-state index in [9.17, 15) is 19.2 Å². The fourth-order valence-electron chi connectivity index (χ4n) is 4.43. The van der Waals surface area contributed by atoms with Gasteiger partial charge in [0.15, 0.2) is 5.84 Å². The number of rotatable bonds is 22. The number of carbonyl (C=O) groups excluding carboxylic acids is 1. The van der Waals surface area contributed by atoms with Gasteiger partial charge in [0.05, 0.1) is 13.1 Å². The van der Waals surface area contributed by atoms with E-state index in [0.717, 1.165) is 43.0 Å². The molecule has 0 saturated carbocycles. The van der Waals surface area contributed by atoms with Gasteiger partial charge in [0.2, 0.25) is 5.91 Å². The first-order chi connectivity index (χ1) is 24.4. The van der Waals surface area contributed by atoms with Gasteiger partial charge < -0.3 is 20.6 Å². The average Bonchev–Trinajstić information content (AvgIpc) is 3.12. The molecule has 0 fully saturated rings. The van der Waals surface area contributed by atoms with Crippen molar-refractivity contribution in [1.82, 2.24) is 26.0 Å². The molecule has 6 N–H and O–H groups in total. The normalized spacial score (nSPS) is 12.0. The Hall–Kier alpha value is -4.04. The van der Waals surface area contributed by atoms with E-state index in [1.807, 2.05) is 36.1 Å². The van der Waals surface area contributed by atoms with E-state index in [1.165, 1.54) is 44.9 Å². The Bertz CT molecular complexity index is 1130. The van der Waals surface area contributed by atoms with Crippen LogP contribution in [0.4, 0.5) is 0 Å². The monoisotopic (exact) mass is 722 g/mol. The number of carbonyl (C=O) groups is 4. The third-order valence-electron chi connectivity index (χ3n) is 7.55. The van der Waals surface area contributed by atoms with Gasteiger partial charge >= 0.3 is 17.9 Å². The summed E-state index contributed by atoms with van der Waals surface area (Å²) < 4.78 is 0. The Morgan fingerprint density at radius 3 is 1.84 bits per heavy atom. The Morgan fingerprint density at radius 1 is 0.784 bits per heavy atom. The Kier molecular flexibility index (Phi) is 31.9. The zero-order chi connectivity index (χ0) is 38.9. The zero-order valence-electron chi connectivity index (χ0n) is 32.2. The van der Waals surface area contributed by atoms with Crippen LogP contribution in [0.2, 0.25) is 0 Å². The second kappa shape index (κ2) is 33.1. The molecule has 0 saturated heterocycles. The van der Waals surface area contributed by atoms with Crippen molar-refractivity contribution >= 4 is 36.0 Å². The van der Waals surface area contributed by atoms with Crippen LogP contribution in [0, 0.1) is 5.92 Å². The number of carboxylic acid groups (broad SMARTS) is 3. The van der Waals surface area contributed by atoms with Crippen molar-refractivity contribution in [2.24, 2.45) is 16.1 Å². The number of hydrazone groups is 2. The van der Waals surface area contributed by atoms with Gasteiger partial charge in [0.25, 0.3) is 0 Å². The summed E-state index contributed by atoms with van der Waals surface area (Å²) in [6, 6.07) is 7.73. The lowest BCUT2D eigenvalue weighted by Gasteiger charge is -2.26. The lowest BCUT2D eigenvalue weighted by molar-refractivity contribution is -0.139. The fraction of sp³-hybridized carbons (Fsp3) is 0.676. The summed E-state index contributed by atoms with van der Waals surface area (Å²) in [4.78, 5) is 46.3. The third kappa shape index (κ3) is 30.5.